The number of ether oxygens (including phenoxy) is 3. The fourth-order valence-electron chi connectivity index (χ4n) is 5.23. The molecule has 0 saturated heterocycles. The number of carbonyl (C=O) groups excluding carboxylic acids is 1. The van der Waals surface area contributed by atoms with Gasteiger partial charge in [-0.2, -0.15) is 0 Å². The molecule has 0 radical (unpaired) electrons. The van der Waals surface area contributed by atoms with E-state index in [2.05, 4.69) is 61.1 Å². The lowest BCUT2D eigenvalue weighted by Crippen LogP contribution is -2.40. The van der Waals surface area contributed by atoms with Crippen LogP contribution in [0.4, 0.5) is 0 Å². The third-order valence-electron chi connectivity index (χ3n) is 7.42. The summed E-state index contributed by atoms with van der Waals surface area (Å²) in [5, 5.41) is 0. The molecule has 0 spiro atoms. The summed E-state index contributed by atoms with van der Waals surface area (Å²) in [6, 6.07) is 28.1. The summed E-state index contributed by atoms with van der Waals surface area (Å²) in [6.07, 6.45) is 1.87. The Labute approximate surface area is 311 Å². The molecular weight excluding hydrogens is 906 g/mol. The quantitative estimate of drug-likeness (QED) is 0.113. The van der Waals surface area contributed by atoms with Crippen molar-refractivity contribution in [3.8, 4) is 11.5 Å². The molecule has 1 aromatic heterocycles. The lowest BCUT2D eigenvalue weighted by Gasteiger charge is -2.26. The minimum absolute atomic E-state index is 0.185. The van der Waals surface area contributed by atoms with Gasteiger partial charge in [0.1, 0.15) is 18.1 Å². The average Bonchev–Trinajstić information content (AvgIpc) is 3.38. The summed E-state index contributed by atoms with van der Waals surface area (Å²) in [5.41, 5.74) is 3.95. The predicted molar refractivity (Wildman–Crippen MR) is 204 cm³/mol. The van der Waals surface area contributed by atoms with Crippen LogP contribution in [0.3, 0.4) is 0 Å². The van der Waals surface area contributed by atoms with E-state index < -0.39 is 12.0 Å². The molecule has 47 heavy (non-hydrogen) atoms. The zero-order valence-electron chi connectivity index (χ0n) is 25.2. The van der Waals surface area contributed by atoms with Crippen molar-refractivity contribution < 1.29 is 19.0 Å². The van der Waals surface area contributed by atoms with Crippen molar-refractivity contribution in [3.63, 3.8) is 0 Å². The standard InChI is InChI=1S/C36H27BrI2N2O5S/c1-3-45-35(43)30-31(23-7-5-4-6-8-23)40-36-41(32(30)24-11-15-26(44-2)16-12-24)34(42)29(47-36)19-22-17-27(38)33(28(39)18-22)46-20-21-9-13-25(37)14-10-21/h4-19,32H,3,20H2,1-2H3/b29-19-/t32-/m1/s1. The van der Waals surface area contributed by atoms with E-state index in [0.717, 1.165) is 39.6 Å². The smallest absolute Gasteiger partial charge is 0.338 e. The number of hydrogen-bond donors (Lipinski definition) is 0. The van der Waals surface area contributed by atoms with Gasteiger partial charge in [-0.05, 0) is 111 Å². The summed E-state index contributed by atoms with van der Waals surface area (Å²) in [6.45, 7) is 2.39. The number of nitrogens with zero attached hydrogens (tertiary/aromatic N) is 2. The van der Waals surface area contributed by atoms with Gasteiger partial charge >= 0.3 is 5.97 Å². The molecular formula is C36H27BrI2N2O5S. The fourth-order valence-corrected chi connectivity index (χ4v) is 8.62. The van der Waals surface area contributed by atoms with E-state index in [1.807, 2.05) is 97.1 Å². The van der Waals surface area contributed by atoms with Crippen LogP contribution in [-0.2, 0) is 16.1 Å². The zero-order valence-corrected chi connectivity index (χ0v) is 31.9. The second-order valence-corrected chi connectivity index (χ2v) is 14.7. The first kappa shape index (κ1) is 33.6. The molecule has 6 rings (SSSR count). The van der Waals surface area contributed by atoms with Gasteiger partial charge in [-0.1, -0.05) is 81.9 Å². The van der Waals surface area contributed by atoms with Crippen LogP contribution < -0.4 is 24.4 Å². The average molecular weight is 933 g/mol. The Bertz CT molecular complexity index is 2140. The topological polar surface area (TPSA) is 79.1 Å². The molecule has 0 bridgehead atoms. The summed E-state index contributed by atoms with van der Waals surface area (Å²) in [5.74, 6) is 0.937. The third-order valence-corrected chi connectivity index (χ3v) is 10.5. The molecule has 1 aliphatic heterocycles. The number of methoxy groups -OCH3 is 1. The second-order valence-electron chi connectivity index (χ2n) is 10.4. The minimum Gasteiger partial charge on any atom is -0.497 e. The van der Waals surface area contributed by atoms with Crippen LogP contribution in [0.15, 0.2) is 111 Å². The monoisotopic (exact) mass is 932 g/mol. The van der Waals surface area contributed by atoms with Crippen LogP contribution in [0.25, 0.3) is 11.8 Å². The fraction of sp³-hybridized carbons (Fsp3) is 0.139. The lowest BCUT2D eigenvalue weighted by atomic mass is 9.93. The molecule has 7 nitrogen and oxygen atoms in total. The van der Waals surface area contributed by atoms with Crippen LogP contribution in [0.5, 0.6) is 11.5 Å². The third kappa shape index (κ3) is 7.27. The number of carbonyl (C=O) groups is 1. The molecule has 5 aromatic rings. The van der Waals surface area contributed by atoms with Gasteiger partial charge in [-0.3, -0.25) is 9.36 Å². The van der Waals surface area contributed by atoms with E-state index in [-0.39, 0.29) is 12.2 Å². The highest BCUT2D eigenvalue weighted by molar-refractivity contribution is 14.1. The largest absolute Gasteiger partial charge is 0.497 e. The highest BCUT2D eigenvalue weighted by atomic mass is 127. The van der Waals surface area contributed by atoms with Crippen molar-refractivity contribution in [1.82, 2.24) is 4.57 Å². The zero-order chi connectivity index (χ0) is 33.1. The Kier molecular flexibility index (Phi) is 10.6. The van der Waals surface area contributed by atoms with Crippen LogP contribution >= 0.6 is 72.4 Å². The van der Waals surface area contributed by atoms with Gasteiger partial charge in [-0.25, -0.2) is 9.79 Å². The highest BCUT2D eigenvalue weighted by Crippen LogP contribution is 2.36. The molecule has 1 aliphatic rings. The molecule has 0 unspecified atom stereocenters. The summed E-state index contributed by atoms with van der Waals surface area (Å²) in [4.78, 5) is 33.4. The number of hydrogen-bond acceptors (Lipinski definition) is 7. The maximum atomic E-state index is 14.3. The van der Waals surface area contributed by atoms with Gasteiger partial charge in [0.15, 0.2) is 4.80 Å². The van der Waals surface area contributed by atoms with E-state index in [9.17, 15) is 9.59 Å². The van der Waals surface area contributed by atoms with E-state index >= 15 is 0 Å². The van der Waals surface area contributed by atoms with Crippen molar-refractivity contribution in [2.45, 2.75) is 19.6 Å². The Morgan fingerprint density at radius 2 is 1.68 bits per heavy atom. The molecule has 0 saturated carbocycles. The van der Waals surface area contributed by atoms with Gasteiger partial charge in [0.2, 0.25) is 0 Å². The van der Waals surface area contributed by atoms with Gasteiger partial charge in [0, 0.05) is 10.0 Å². The van der Waals surface area contributed by atoms with Crippen LogP contribution in [0.1, 0.15) is 35.2 Å². The predicted octanol–water partition coefficient (Wildman–Crippen LogP) is 7.49. The van der Waals surface area contributed by atoms with E-state index in [4.69, 9.17) is 19.2 Å². The van der Waals surface area contributed by atoms with Crippen molar-refractivity contribution in [3.05, 3.63) is 150 Å². The maximum Gasteiger partial charge on any atom is 0.338 e. The Balaban J connectivity index is 1.47. The molecule has 4 aromatic carbocycles. The molecule has 0 amide bonds. The van der Waals surface area contributed by atoms with Crippen LogP contribution in [0, 0.1) is 7.14 Å². The van der Waals surface area contributed by atoms with Crippen molar-refractivity contribution in [2.75, 3.05) is 13.7 Å². The molecule has 0 fully saturated rings. The Morgan fingerprint density at radius 1 is 1.00 bits per heavy atom. The number of benzene rings is 4. The van der Waals surface area contributed by atoms with Crippen molar-refractivity contribution in [1.29, 1.82) is 0 Å². The first-order valence-corrected chi connectivity index (χ1v) is 18.3. The SMILES string of the molecule is CCOC(=O)C1=C(c2ccccc2)N=c2s/c(=C\c3cc(I)c(OCc4ccc(Br)cc4)c(I)c3)c(=O)n2[C@@H]1c1ccc(OC)cc1. The first-order chi connectivity index (χ1) is 22.8. The van der Waals surface area contributed by atoms with Crippen LogP contribution in [0.2, 0.25) is 0 Å². The number of rotatable bonds is 9. The molecule has 11 heteroatoms. The summed E-state index contributed by atoms with van der Waals surface area (Å²) in [7, 11) is 1.60. The molecule has 0 N–H and O–H groups in total. The van der Waals surface area contributed by atoms with E-state index in [1.54, 1.807) is 18.6 Å². The number of fused-ring (bicyclic) bond motifs is 1. The lowest BCUT2D eigenvalue weighted by molar-refractivity contribution is -0.138. The van der Waals surface area contributed by atoms with Gasteiger partial charge < -0.3 is 14.2 Å². The molecule has 1 atom stereocenters. The summed E-state index contributed by atoms with van der Waals surface area (Å²) >= 11 is 9.29. The van der Waals surface area contributed by atoms with Gasteiger partial charge in [0.25, 0.3) is 5.56 Å². The number of halogens is 3. The minimum atomic E-state index is -0.761. The van der Waals surface area contributed by atoms with Gasteiger partial charge in [0.05, 0.1) is 42.7 Å². The summed E-state index contributed by atoms with van der Waals surface area (Å²) < 4.78 is 22.1. The normalized spacial score (nSPS) is 14.4. The molecule has 2 heterocycles. The number of aromatic nitrogens is 1. The number of esters is 1. The van der Waals surface area contributed by atoms with Crippen molar-refractivity contribution in [2.24, 2.45) is 4.99 Å². The second kappa shape index (κ2) is 14.9. The van der Waals surface area contributed by atoms with Crippen molar-refractivity contribution >= 4 is 90.2 Å². The Hall–Kier alpha value is -3.27. The highest BCUT2D eigenvalue weighted by Gasteiger charge is 2.35. The number of thiazole rings is 1. The van der Waals surface area contributed by atoms with E-state index in [1.165, 1.54) is 11.3 Å². The van der Waals surface area contributed by atoms with E-state index in [0.29, 0.717) is 33.0 Å². The molecule has 0 aliphatic carbocycles. The molecule has 238 valence electrons. The Morgan fingerprint density at radius 3 is 2.32 bits per heavy atom. The van der Waals surface area contributed by atoms with Gasteiger partial charge in [-0.15, -0.1) is 0 Å². The van der Waals surface area contributed by atoms with Crippen LogP contribution in [-0.4, -0.2) is 24.3 Å². The maximum absolute atomic E-state index is 14.3. The first-order valence-electron chi connectivity index (χ1n) is 14.6.